The van der Waals surface area contributed by atoms with E-state index < -0.39 is 6.04 Å². The van der Waals surface area contributed by atoms with E-state index >= 15 is 0 Å². The molecular formula is C19H23N5O3. The summed E-state index contributed by atoms with van der Waals surface area (Å²) in [5, 5.41) is 0. The molecule has 0 aliphatic carbocycles. The summed E-state index contributed by atoms with van der Waals surface area (Å²) >= 11 is 0. The maximum atomic E-state index is 13.2. The van der Waals surface area contributed by atoms with Crippen molar-refractivity contribution in [1.82, 2.24) is 24.3 Å². The van der Waals surface area contributed by atoms with Gasteiger partial charge in [0.1, 0.15) is 18.2 Å². The maximum Gasteiger partial charge on any atom is 0.254 e. The molecule has 2 aromatic heterocycles. The van der Waals surface area contributed by atoms with Gasteiger partial charge in [0.15, 0.2) is 0 Å². The second-order valence-electron chi connectivity index (χ2n) is 6.82. The van der Waals surface area contributed by atoms with Gasteiger partial charge in [0.05, 0.1) is 13.2 Å². The van der Waals surface area contributed by atoms with Gasteiger partial charge in [-0.3, -0.25) is 14.2 Å². The van der Waals surface area contributed by atoms with Crippen LogP contribution in [-0.2, 0) is 9.53 Å². The van der Waals surface area contributed by atoms with Crippen molar-refractivity contribution < 1.29 is 14.3 Å². The summed E-state index contributed by atoms with van der Waals surface area (Å²) < 4.78 is 7.09. The lowest BCUT2D eigenvalue weighted by Crippen LogP contribution is -2.55. The van der Waals surface area contributed by atoms with E-state index in [2.05, 4.69) is 9.97 Å². The van der Waals surface area contributed by atoms with Crippen molar-refractivity contribution in [2.45, 2.75) is 25.3 Å². The Labute approximate surface area is 157 Å². The number of likely N-dealkylation sites (tertiary alicyclic amines) is 1. The first-order valence-corrected chi connectivity index (χ1v) is 9.36. The molecule has 1 unspecified atom stereocenters. The van der Waals surface area contributed by atoms with E-state index in [4.69, 9.17) is 4.74 Å². The van der Waals surface area contributed by atoms with E-state index in [0.717, 1.165) is 12.8 Å². The third-order valence-corrected chi connectivity index (χ3v) is 5.13. The Kier molecular flexibility index (Phi) is 5.15. The van der Waals surface area contributed by atoms with Crippen LogP contribution in [0.3, 0.4) is 0 Å². The Bertz CT molecular complexity index is 801. The smallest absolute Gasteiger partial charge is 0.254 e. The molecule has 1 atom stereocenters. The van der Waals surface area contributed by atoms with Crippen LogP contribution in [0.5, 0.6) is 0 Å². The largest absolute Gasteiger partial charge is 0.378 e. The fraction of sp³-hybridized carbons (Fsp3) is 0.474. The highest BCUT2D eigenvalue weighted by Gasteiger charge is 2.35. The van der Waals surface area contributed by atoms with Gasteiger partial charge in [-0.1, -0.05) is 0 Å². The number of morpholine rings is 1. The van der Waals surface area contributed by atoms with E-state index in [1.54, 1.807) is 46.5 Å². The Hall–Kier alpha value is -2.74. The lowest BCUT2D eigenvalue weighted by molar-refractivity contribution is -0.141. The van der Waals surface area contributed by atoms with Crippen LogP contribution in [0.15, 0.2) is 37.1 Å². The predicted octanol–water partition coefficient (Wildman–Crippen LogP) is 1.12. The molecule has 4 heterocycles. The van der Waals surface area contributed by atoms with Crippen molar-refractivity contribution in [2.75, 3.05) is 32.8 Å². The van der Waals surface area contributed by atoms with Crippen molar-refractivity contribution in [3.8, 4) is 5.82 Å². The second kappa shape index (κ2) is 7.87. The number of carbonyl (C=O) groups excluding carboxylic acids is 2. The number of pyridine rings is 1. The molecule has 2 aromatic rings. The zero-order valence-electron chi connectivity index (χ0n) is 15.2. The van der Waals surface area contributed by atoms with Gasteiger partial charge in [-0.2, -0.15) is 0 Å². The zero-order chi connectivity index (χ0) is 18.6. The SMILES string of the molecule is O=C(C1CCCCN1C(=O)c1ccnc(-n2ccnc2)c1)N1CCOCC1. The molecule has 8 heteroatoms. The number of ether oxygens (including phenoxy) is 1. The fourth-order valence-electron chi connectivity index (χ4n) is 3.68. The molecule has 2 aliphatic rings. The first-order valence-electron chi connectivity index (χ1n) is 9.36. The number of hydrogen-bond donors (Lipinski definition) is 0. The standard InChI is InChI=1S/C19H23N5O3/c25-18(15-4-5-21-17(13-15)23-8-6-20-14-23)24-7-2-1-3-16(24)19(26)22-9-11-27-12-10-22/h4-6,8,13-14,16H,1-3,7,9-12H2. The number of hydrogen-bond acceptors (Lipinski definition) is 5. The average molecular weight is 369 g/mol. The van der Waals surface area contributed by atoms with Crippen molar-refractivity contribution in [2.24, 2.45) is 0 Å². The molecule has 0 aromatic carbocycles. The summed E-state index contributed by atoms with van der Waals surface area (Å²) in [5.74, 6) is 0.548. The first-order chi connectivity index (χ1) is 13.2. The molecule has 0 saturated carbocycles. The normalized spacial score (nSPS) is 20.5. The maximum absolute atomic E-state index is 13.2. The van der Waals surface area contributed by atoms with Gasteiger partial charge in [0.25, 0.3) is 5.91 Å². The Morgan fingerprint density at radius 3 is 2.74 bits per heavy atom. The number of nitrogens with zero attached hydrogens (tertiary/aromatic N) is 5. The summed E-state index contributed by atoms with van der Waals surface area (Å²) in [5.41, 5.74) is 0.537. The van der Waals surface area contributed by atoms with Crippen LogP contribution in [0.25, 0.3) is 5.82 Å². The van der Waals surface area contributed by atoms with Crippen molar-refractivity contribution in [3.63, 3.8) is 0 Å². The van der Waals surface area contributed by atoms with E-state index in [1.165, 1.54) is 0 Å². The van der Waals surface area contributed by atoms with Crippen molar-refractivity contribution in [1.29, 1.82) is 0 Å². The van der Waals surface area contributed by atoms with Gasteiger partial charge in [0.2, 0.25) is 5.91 Å². The molecule has 0 bridgehead atoms. The number of carbonyl (C=O) groups is 2. The van der Waals surface area contributed by atoms with Gasteiger partial charge in [-0.25, -0.2) is 9.97 Å². The number of piperidine rings is 1. The van der Waals surface area contributed by atoms with Gasteiger partial charge < -0.3 is 14.5 Å². The Morgan fingerprint density at radius 2 is 1.96 bits per heavy atom. The van der Waals surface area contributed by atoms with E-state index in [9.17, 15) is 9.59 Å². The summed E-state index contributed by atoms with van der Waals surface area (Å²) in [4.78, 5) is 38.1. The molecule has 142 valence electrons. The number of amides is 2. The zero-order valence-corrected chi connectivity index (χ0v) is 15.2. The average Bonchev–Trinajstić information content (AvgIpc) is 3.28. The first kappa shape index (κ1) is 17.7. The highest BCUT2D eigenvalue weighted by molar-refractivity contribution is 5.98. The Balaban J connectivity index is 1.55. The topological polar surface area (TPSA) is 80.6 Å². The number of rotatable bonds is 3. The molecule has 2 amide bonds. The molecule has 0 radical (unpaired) electrons. The molecule has 8 nitrogen and oxygen atoms in total. The van der Waals surface area contributed by atoms with Gasteiger partial charge >= 0.3 is 0 Å². The highest BCUT2D eigenvalue weighted by Crippen LogP contribution is 2.22. The lowest BCUT2D eigenvalue weighted by Gasteiger charge is -2.38. The van der Waals surface area contributed by atoms with Crippen LogP contribution in [0.1, 0.15) is 29.6 Å². The molecule has 27 heavy (non-hydrogen) atoms. The van der Waals surface area contributed by atoms with E-state index in [-0.39, 0.29) is 11.8 Å². The van der Waals surface area contributed by atoms with Crippen LogP contribution in [0.4, 0.5) is 0 Å². The van der Waals surface area contributed by atoms with Gasteiger partial charge in [-0.15, -0.1) is 0 Å². The van der Waals surface area contributed by atoms with Gasteiger partial charge in [-0.05, 0) is 31.4 Å². The highest BCUT2D eigenvalue weighted by atomic mass is 16.5. The van der Waals surface area contributed by atoms with Crippen LogP contribution in [0.2, 0.25) is 0 Å². The second-order valence-corrected chi connectivity index (χ2v) is 6.82. The molecule has 0 N–H and O–H groups in total. The molecule has 2 saturated heterocycles. The molecule has 0 spiro atoms. The molecule has 2 aliphatic heterocycles. The lowest BCUT2D eigenvalue weighted by atomic mass is 9.99. The van der Waals surface area contributed by atoms with Gasteiger partial charge in [0, 0.05) is 43.8 Å². The van der Waals surface area contributed by atoms with Crippen molar-refractivity contribution in [3.05, 3.63) is 42.6 Å². The fourth-order valence-corrected chi connectivity index (χ4v) is 3.68. The van der Waals surface area contributed by atoms with Crippen LogP contribution >= 0.6 is 0 Å². The molecule has 4 rings (SSSR count). The summed E-state index contributed by atoms with van der Waals surface area (Å²) in [7, 11) is 0. The van der Waals surface area contributed by atoms with Crippen LogP contribution in [-0.4, -0.2) is 75.0 Å². The minimum absolute atomic E-state index is 0.0373. The number of imidazole rings is 1. The summed E-state index contributed by atoms with van der Waals surface area (Å²) in [6, 6.07) is 3.05. The summed E-state index contributed by atoms with van der Waals surface area (Å²) in [6.07, 6.45) is 9.29. The van der Waals surface area contributed by atoms with E-state index in [1.807, 2.05) is 4.90 Å². The van der Waals surface area contributed by atoms with Crippen molar-refractivity contribution >= 4 is 11.8 Å². The monoisotopic (exact) mass is 369 g/mol. The molecular weight excluding hydrogens is 346 g/mol. The minimum Gasteiger partial charge on any atom is -0.378 e. The third-order valence-electron chi connectivity index (χ3n) is 5.13. The molecule has 2 fully saturated rings. The number of aromatic nitrogens is 3. The predicted molar refractivity (Wildman–Crippen MR) is 97.4 cm³/mol. The minimum atomic E-state index is -0.394. The Morgan fingerprint density at radius 1 is 1.11 bits per heavy atom. The van der Waals surface area contributed by atoms with Crippen LogP contribution in [0, 0.1) is 0 Å². The third kappa shape index (κ3) is 3.71. The quantitative estimate of drug-likeness (QED) is 0.810. The van der Waals surface area contributed by atoms with E-state index in [0.29, 0.717) is 50.7 Å². The van der Waals surface area contributed by atoms with Crippen LogP contribution < -0.4 is 0 Å². The summed E-state index contributed by atoms with van der Waals surface area (Å²) in [6.45, 7) is 2.91.